The number of amides is 1. The second-order valence-corrected chi connectivity index (χ2v) is 6.96. The van der Waals surface area contributed by atoms with Crippen LogP contribution in [0.3, 0.4) is 0 Å². The van der Waals surface area contributed by atoms with Gasteiger partial charge in [-0.05, 0) is 74.1 Å². The molecule has 0 saturated carbocycles. The molecule has 2 aromatic carbocycles. The second kappa shape index (κ2) is 7.60. The van der Waals surface area contributed by atoms with Gasteiger partial charge in [-0.15, -0.1) is 0 Å². The molecule has 0 heterocycles. The van der Waals surface area contributed by atoms with Crippen LogP contribution in [0, 0.1) is 0 Å². The Kier molecular flexibility index (Phi) is 5.27. The van der Waals surface area contributed by atoms with Crippen molar-refractivity contribution in [2.45, 2.75) is 51.7 Å². The molecule has 2 aromatic rings. The van der Waals surface area contributed by atoms with E-state index in [-0.39, 0.29) is 18.1 Å². The molecule has 3 rings (SSSR count). The van der Waals surface area contributed by atoms with Gasteiger partial charge in [-0.2, -0.15) is 0 Å². The number of rotatable bonds is 5. The van der Waals surface area contributed by atoms with Gasteiger partial charge in [-0.3, -0.25) is 4.79 Å². The number of hydrogen-bond donors (Lipinski definition) is 2. The molecule has 4 nitrogen and oxygen atoms in total. The van der Waals surface area contributed by atoms with E-state index in [2.05, 4.69) is 5.32 Å². The smallest absolute Gasteiger partial charge is 0.224 e. The lowest BCUT2D eigenvalue weighted by Crippen LogP contribution is -2.32. The van der Waals surface area contributed by atoms with Gasteiger partial charge in [0, 0.05) is 5.69 Å². The number of aryl methyl sites for hydroxylation is 1. The minimum Gasteiger partial charge on any atom is -0.491 e. The van der Waals surface area contributed by atoms with Crippen LogP contribution in [0.25, 0.3) is 0 Å². The molecule has 0 fully saturated rings. The van der Waals surface area contributed by atoms with Gasteiger partial charge in [0.15, 0.2) is 0 Å². The molecule has 1 amide bonds. The summed E-state index contributed by atoms with van der Waals surface area (Å²) in [4.78, 5) is 12.5. The minimum absolute atomic E-state index is 0.0383. The molecular formula is C21H26N2O2. The van der Waals surface area contributed by atoms with Crippen LogP contribution in [-0.2, 0) is 17.6 Å². The summed E-state index contributed by atoms with van der Waals surface area (Å²) in [5.74, 6) is 0.843. The van der Waals surface area contributed by atoms with E-state index in [1.807, 2.05) is 56.3 Å². The van der Waals surface area contributed by atoms with Gasteiger partial charge in [0.25, 0.3) is 0 Å². The summed E-state index contributed by atoms with van der Waals surface area (Å²) in [7, 11) is 0. The first-order valence-corrected chi connectivity index (χ1v) is 8.94. The molecule has 1 aliphatic rings. The van der Waals surface area contributed by atoms with Crippen molar-refractivity contribution in [2.24, 2.45) is 0 Å². The normalized spacial score (nSPS) is 16.4. The Morgan fingerprint density at radius 3 is 2.92 bits per heavy atom. The summed E-state index contributed by atoms with van der Waals surface area (Å²) >= 11 is 0. The number of nitrogens with two attached hydrogens (primary N) is 1. The third kappa shape index (κ3) is 4.53. The highest BCUT2D eigenvalue weighted by atomic mass is 16.5. The predicted molar refractivity (Wildman–Crippen MR) is 101 cm³/mol. The van der Waals surface area contributed by atoms with E-state index >= 15 is 0 Å². The Hall–Kier alpha value is -2.49. The summed E-state index contributed by atoms with van der Waals surface area (Å²) in [5, 5.41) is 3.18. The quantitative estimate of drug-likeness (QED) is 0.815. The second-order valence-electron chi connectivity index (χ2n) is 6.96. The van der Waals surface area contributed by atoms with Gasteiger partial charge in [-0.25, -0.2) is 0 Å². The van der Waals surface area contributed by atoms with Crippen molar-refractivity contribution >= 4 is 11.6 Å². The van der Waals surface area contributed by atoms with Crippen LogP contribution in [0.1, 0.15) is 49.4 Å². The number of ether oxygens (including phenoxy) is 1. The fraction of sp³-hybridized carbons (Fsp3) is 0.381. The average molecular weight is 338 g/mol. The van der Waals surface area contributed by atoms with Crippen LogP contribution in [-0.4, -0.2) is 12.0 Å². The van der Waals surface area contributed by atoms with Crippen molar-refractivity contribution in [2.75, 3.05) is 5.73 Å². The molecule has 132 valence electrons. The van der Waals surface area contributed by atoms with Crippen molar-refractivity contribution in [3.63, 3.8) is 0 Å². The molecular weight excluding hydrogens is 312 g/mol. The topological polar surface area (TPSA) is 64.3 Å². The van der Waals surface area contributed by atoms with E-state index in [4.69, 9.17) is 10.5 Å². The number of benzene rings is 2. The largest absolute Gasteiger partial charge is 0.491 e. The zero-order chi connectivity index (χ0) is 17.8. The van der Waals surface area contributed by atoms with Crippen molar-refractivity contribution in [3.8, 4) is 5.75 Å². The lowest BCUT2D eigenvalue weighted by molar-refractivity contribution is -0.121. The molecule has 4 heteroatoms. The van der Waals surface area contributed by atoms with Crippen molar-refractivity contribution in [3.05, 3.63) is 59.2 Å². The zero-order valence-electron chi connectivity index (χ0n) is 14.9. The zero-order valence-corrected chi connectivity index (χ0v) is 14.9. The molecule has 0 saturated heterocycles. The Bertz CT molecular complexity index is 755. The van der Waals surface area contributed by atoms with Crippen molar-refractivity contribution in [1.29, 1.82) is 0 Å². The first-order valence-electron chi connectivity index (χ1n) is 8.94. The molecule has 0 bridgehead atoms. The van der Waals surface area contributed by atoms with Crippen LogP contribution < -0.4 is 15.8 Å². The molecule has 1 unspecified atom stereocenters. The number of hydrogen-bond acceptors (Lipinski definition) is 3. The lowest BCUT2D eigenvalue weighted by atomic mass is 9.87. The van der Waals surface area contributed by atoms with E-state index in [0.29, 0.717) is 6.42 Å². The van der Waals surface area contributed by atoms with Crippen molar-refractivity contribution in [1.82, 2.24) is 5.32 Å². The first kappa shape index (κ1) is 17.3. The van der Waals surface area contributed by atoms with Crippen LogP contribution in [0.2, 0.25) is 0 Å². The van der Waals surface area contributed by atoms with Gasteiger partial charge in [-0.1, -0.05) is 18.2 Å². The van der Waals surface area contributed by atoms with Crippen LogP contribution in [0.4, 0.5) is 5.69 Å². The maximum atomic E-state index is 12.5. The Morgan fingerprint density at radius 1 is 1.28 bits per heavy atom. The summed E-state index contributed by atoms with van der Waals surface area (Å²) in [6.07, 6.45) is 3.55. The summed E-state index contributed by atoms with van der Waals surface area (Å²) in [5.41, 5.74) is 10.1. The molecule has 0 aromatic heterocycles. The average Bonchev–Trinajstić information content (AvgIpc) is 2.54. The van der Waals surface area contributed by atoms with Gasteiger partial charge < -0.3 is 15.8 Å². The predicted octanol–water partition coefficient (Wildman–Crippen LogP) is 3.79. The standard InChI is InChI=1S/C21H26N2O2/c1-14(2)25-18-7-3-5-15(11-18)12-21(24)23-20-8-4-6-16-13-17(22)9-10-19(16)20/h3,5,7,9-11,13-14,20H,4,6,8,12,22H2,1-2H3,(H,23,24). The first-order chi connectivity index (χ1) is 12.0. The molecule has 0 radical (unpaired) electrons. The minimum atomic E-state index is 0.0383. The van der Waals surface area contributed by atoms with E-state index in [9.17, 15) is 4.79 Å². The number of carbonyl (C=O) groups excluding carboxylic acids is 1. The Labute approximate surface area is 149 Å². The highest BCUT2D eigenvalue weighted by Gasteiger charge is 2.22. The van der Waals surface area contributed by atoms with E-state index in [1.165, 1.54) is 11.1 Å². The Balaban J connectivity index is 1.66. The van der Waals surface area contributed by atoms with Gasteiger partial charge in [0.1, 0.15) is 5.75 Å². The van der Waals surface area contributed by atoms with Gasteiger partial charge in [0.2, 0.25) is 5.91 Å². The third-order valence-corrected chi connectivity index (χ3v) is 4.45. The number of nitrogen functional groups attached to an aromatic ring is 1. The van der Waals surface area contributed by atoms with Gasteiger partial charge >= 0.3 is 0 Å². The highest BCUT2D eigenvalue weighted by Crippen LogP contribution is 2.31. The van der Waals surface area contributed by atoms with E-state index in [0.717, 1.165) is 36.3 Å². The van der Waals surface area contributed by atoms with Gasteiger partial charge in [0.05, 0.1) is 18.6 Å². The third-order valence-electron chi connectivity index (χ3n) is 4.45. The molecule has 1 aliphatic carbocycles. The van der Waals surface area contributed by atoms with Crippen molar-refractivity contribution < 1.29 is 9.53 Å². The monoisotopic (exact) mass is 338 g/mol. The fourth-order valence-corrected chi connectivity index (χ4v) is 3.42. The van der Waals surface area contributed by atoms with E-state index < -0.39 is 0 Å². The summed E-state index contributed by atoms with van der Waals surface area (Å²) < 4.78 is 5.70. The fourth-order valence-electron chi connectivity index (χ4n) is 3.42. The number of anilines is 1. The number of fused-ring (bicyclic) bond motifs is 1. The maximum absolute atomic E-state index is 12.5. The summed E-state index contributed by atoms with van der Waals surface area (Å²) in [6, 6.07) is 13.8. The highest BCUT2D eigenvalue weighted by molar-refractivity contribution is 5.79. The van der Waals surface area contributed by atoms with Crippen LogP contribution >= 0.6 is 0 Å². The number of nitrogens with one attached hydrogen (secondary N) is 1. The van der Waals surface area contributed by atoms with E-state index in [1.54, 1.807) is 0 Å². The SMILES string of the molecule is CC(C)Oc1cccc(CC(=O)NC2CCCc3cc(N)ccc32)c1. The van der Waals surface area contributed by atoms with Crippen LogP contribution in [0.5, 0.6) is 5.75 Å². The maximum Gasteiger partial charge on any atom is 0.224 e. The molecule has 25 heavy (non-hydrogen) atoms. The molecule has 3 N–H and O–H groups in total. The molecule has 1 atom stereocenters. The lowest BCUT2D eigenvalue weighted by Gasteiger charge is -2.26. The number of carbonyl (C=O) groups is 1. The molecule has 0 spiro atoms. The molecule has 0 aliphatic heterocycles. The summed E-state index contributed by atoms with van der Waals surface area (Å²) in [6.45, 7) is 3.99. The van der Waals surface area contributed by atoms with Crippen LogP contribution in [0.15, 0.2) is 42.5 Å². The Morgan fingerprint density at radius 2 is 2.12 bits per heavy atom.